The molecule has 0 saturated heterocycles. The lowest BCUT2D eigenvalue weighted by Crippen LogP contribution is -2.44. The van der Waals surface area contributed by atoms with Crippen LogP contribution in [0.15, 0.2) is 48.6 Å². The fraction of sp³-hybridized carbons (Fsp3) is 0.571. The van der Waals surface area contributed by atoms with Crippen LogP contribution in [-0.4, -0.2) is 43.9 Å². The predicted molar refractivity (Wildman–Crippen MR) is 175 cm³/mol. The van der Waals surface area contributed by atoms with E-state index in [1.807, 2.05) is 37.3 Å². The quantitative estimate of drug-likeness (QED) is 0.356. The molecule has 2 aromatic carbocycles. The number of anilines is 1. The maximum absolute atomic E-state index is 13.8. The number of carbonyl (C=O) groups is 1. The van der Waals surface area contributed by atoms with Gasteiger partial charge in [-0.3, -0.25) is 4.79 Å². The third-order valence-corrected chi connectivity index (χ3v) is 12.7. The van der Waals surface area contributed by atoms with Crippen LogP contribution in [0.25, 0.3) is 0 Å². The number of nitrogens with zero attached hydrogens (tertiary/aromatic N) is 1. The molecule has 0 aromatic heterocycles. The molecule has 2 fully saturated rings. The minimum absolute atomic E-state index is 0.143. The zero-order chi connectivity index (χ0) is 30.8. The first-order chi connectivity index (χ1) is 21.2. The molecule has 0 spiro atoms. The maximum atomic E-state index is 13.8. The number of aliphatic hydroxyl groups is 1. The molecule has 2 aliphatic heterocycles. The molecular weight excluding hydrogens is 596 g/mol. The second-order valence-corrected chi connectivity index (χ2v) is 15.8. The van der Waals surface area contributed by atoms with Gasteiger partial charge in [0.15, 0.2) is 0 Å². The molecule has 2 heterocycles. The summed E-state index contributed by atoms with van der Waals surface area (Å²) in [6, 6.07) is 11.2. The summed E-state index contributed by atoms with van der Waals surface area (Å²) in [5, 5.41) is 11.2. The van der Waals surface area contributed by atoms with Gasteiger partial charge in [-0.1, -0.05) is 56.0 Å². The lowest BCUT2D eigenvalue weighted by molar-refractivity contribution is 0.0461. The number of carbonyl (C=O) groups excluding carboxylic acids is 1. The van der Waals surface area contributed by atoms with Gasteiger partial charge in [0.2, 0.25) is 10.0 Å². The van der Waals surface area contributed by atoms with Crippen LogP contribution in [0.4, 0.5) is 5.69 Å². The lowest BCUT2D eigenvalue weighted by Gasteiger charge is -2.42. The molecule has 5 atom stereocenters. The van der Waals surface area contributed by atoms with E-state index < -0.39 is 27.3 Å². The summed E-state index contributed by atoms with van der Waals surface area (Å²) >= 11 is 6.33. The average molecular weight is 641 g/mol. The number of nitrogens with one attached hydrogen (secondary N) is 1. The van der Waals surface area contributed by atoms with Crippen LogP contribution in [0.1, 0.15) is 86.2 Å². The maximum Gasteiger partial charge on any atom is 0.264 e. The van der Waals surface area contributed by atoms with Crippen molar-refractivity contribution in [1.82, 2.24) is 4.72 Å². The molecule has 2 aliphatic carbocycles. The van der Waals surface area contributed by atoms with E-state index in [9.17, 15) is 18.3 Å². The number of aliphatic hydroxyl groups excluding tert-OH is 1. The summed E-state index contributed by atoms with van der Waals surface area (Å²) in [7, 11) is -3.94. The van der Waals surface area contributed by atoms with Crippen molar-refractivity contribution in [2.75, 3.05) is 18.0 Å². The molecule has 2 N–H and O–H groups in total. The zero-order valence-electron chi connectivity index (χ0n) is 25.6. The molecule has 238 valence electrons. The molecule has 1 amide bonds. The number of fused-ring (bicyclic) bond motifs is 3. The number of ether oxygens (including phenoxy) is 1. The second-order valence-electron chi connectivity index (χ2n) is 13.5. The van der Waals surface area contributed by atoms with Crippen LogP contribution in [-0.2, 0) is 23.1 Å². The van der Waals surface area contributed by atoms with E-state index in [-0.39, 0.29) is 11.8 Å². The van der Waals surface area contributed by atoms with Gasteiger partial charge in [-0.25, -0.2) is 13.1 Å². The minimum atomic E-state index is -3.94. The molecular formula is C35H45ClN2O5S. The van der Waals surface area contributed by atoms with Gasteiger partial charge >= 0.3 is 0 Å². The molecule has 0 radical (unpaired) electrons. The van der Waals surface area contributed by atoms with Gasteiger partial charge in [0.25, 0.3) is 5.91 Å². The van der Waals surface area contributed by atoms with Crippen molar-refractivity contribution in [3.8, 4) is 5.75 Å². The van der Waals surface area contributed by atoms with Crippen LogP contribution in [0.2, 0.25) is 5.02 Å². The number of amides is 1. The highest BCUT2D eigenvalue weighted by atomic mass is 35.5. The smallest absolute Gasteiger partial charge is 0.264 e. The van der Waals surface area contributed by atoms with Gasteiger partial charge in [0.05, 0.1) is 17.0 Å². The van der Waals surface area contributed by atoms with Gasteiger partial charge in [-0.15, -0.1) is 0 Å². The normalized spacial score (nSPS) is 30.2. The van der Waals surface area contributed by atoms with Crippen LogP contribution < -0.4 is 14.4 Å². The number of halogens is 1. The summed E-state index contributed by atoms with van der Waals surface area (Å²) in [5.41, 5.74) is 3.35. The first-order valence-corrected chi connectivity index (χ1v) is 18.3. The summed E-state index contributed by atoms with van der Waals surface area (Å²) < 4.78 is 36.4. The SMILES string of the molecule is C[C@H]1C/C=C/[C@H](O)[C@@H]2CC[C@H]2CN2CCCCc3cc(Cl)ccc3COc3ccc(cc32)C(=O)NS(=O)(=O)C1CC1CCC1. The lowest BCUT2D eigenvalue weighted by atomic mass is 9.70. The molecule has 1 unspecified atom stereocenters. The van der Waals surface area contributed by atoms with Crippen molar-refractivity contribution in [2.24, 2.45) is 23.7 Å². The number of benzene rings is 2. The summed E-state index contributed by atoms with van der Waals surface area (Å²) in [6.45, 7) is 3.79. The molecule has 6 rings (SSSR count). The van der Waals surface area contributed by atoms with Gasteiger partial charge < -0.3 is 14.7 Å². The highest BCUT2D eigenvalue weighted by molar-refractivity contribution is 7.90. The number of sulfonamides is 1. The Kier molecular flexibility index (Phi) is 9.60. The minimum Gasteiger partial charge on any atom is -0.487 e. The summed E-state index contributed by atoms with van der Waals surface area (Å²) in [6.07, 6.45) is 12.3. The zero-order valence-corrected chi connectivity index (χ0v) is 27.2. The molecule has 2 bridgehead atoms. The summed E-state index contributed by atoms with van der Waals surface area (Å²) in [4.78, 5) is 15.9. The molecule has 7 nitrogen and oxygen atoms in total. The second kappa shape index (κ2) is 13.4. The Balaban J connectivity index is 1.37. The largest absolute Gasteiger partial charge is 0.487 e. The fourth-order valence-electron chi connectivity index (χ4n) is 7.35. The van der Waals surface area contributed by atoms with E-state index in [0.29, 0.717) is 47.6 Å². The Bertz CT molecular complexity index is 1490. The van der Waals surface area contributed by atoms with Crippen LogP contribution >= 0.6 is 11.6 Å². The van der Waals surface area contributed by atoms with E-state index in [4.69, 9.17) is 16.3 Å². The first kappa shape index (κ1) is 31.4. The van der Waals surface area contributed by atoms with Crippen LogP contribution in [0.3, 0.4) is 0 Å². The summed E-state index contributed by atoms with van der Waals surface area (Å²) in [5.74, 6) is 0.671. The van der Waals surface area contributed by atoms with Crippen molar-refractivity contribution < 1.29 is 23.1 Å². The highest BCUT2D eigenvalue weighted by Crippen LogP contribution is 2.41. The number of hydrogen-bond donors (Lipinski definition) is 2. The molecule has 4 aliphatic rings. The molecule has 2 saturated carbocycles. The Morgan fingerprint density at radius 2 is 1.89 bits per heavy atom. The number of aryl methyl sites for hydroxylation is 1. The van der Waals surface area contributed by atoms with Gasteiger partial charge in [-0.05, 0) is 110 Å². The fourth-order valence-corrected chi connectivity index (χ4v) is 9.32. The van der Waals surface area contributed by atoms with E-state index >= 15 is 0 Å². The van der Waals surface area contributed by atoms with E-state index in [1.165, 1.54) is 5.56 Å². The molecule has 2 aromatic rings. The van der Waals surface area contributed by atoms with Crippen LogP contribution in [0.5, 0.6) is 5.75 Å². The van der Waals surface area contributed by atoms with Crippen LogP contribution in [0, 0.1) is 23.7 Å². The molecule has 44 heavy (non-hydrogen) atoms. The third kappa shape index (κ3) is 6.97. The van der Waals surface area contributed by atoms with Crippen molar-refractivity contribution in [3.63, 3.8) is 0 Å². The topological polar surface area (TPSA) is 95.9 Å². The third-order valence-electron chi connectivity index (χ3n) is 10.5. The Morgan fingerprint density at radius 3 is 2.64 bits per heavy atom. The average Bonchev–Trinajstić information content (AvgIpc) is 2.96. The number of rotatable bonds is 2. The van der Waals surface area contributed by atoms with Gasteiger partial charge in [0, 0.05) is 23.7 Å². The van der Waals surface area contributed by atoms with E-state index in [1.54, 1.807) is 18.2 Å². The van der Waals surface area contributed by atoms with Gasteiger partial charge in [-0.2, -0.15) is 0 Å². The van der Waals surface area contributed by atoms with Crippen molar-refractivity contribution in [2.45, 2.75) is 89.1 Å². The highest BCUT2D eigenvalue weighted by Gasteiger charge is 2.38. The van der Waals surface area contributed by atoms with Gasteiger partial charge in [0.1, 0.15) is 12.4 Å². The van der Waals surface area contributed by atoms with Crippen molar-refractivity contribution in [3.05, 3.63) is 70.3 Å². The Labute approximate surface area is 267 Å². The van der Waals surface area contributed by atoms with E-state index in [2.05, 4.69) is 9.62 Å². The number of allylic oxidation sites excluding steroid dienone is 1. The van der Waals surface area contributed by atoms with Crippen molar-refractivity contribution in [1.29, 1.82) is 0 Å². The van der Waals surface area contributed by atoms with E-state index in [0.717, 1.165) is 75.7 Å². The predicted octanol–water partition coefficient (Wildman–Crippen LogP) is 6.66. The Hall–Kier alpha value is -2.55. The Morgan fingerprint density at radius 1 is 1.05 bits per heavy atom. The molecule has 9 heteroatoms. The monoisotopic (exact) mass is 640 g/mol. The first-order valence-electron chi connectivity index (χ1n) is 16.4. The standard InChI is InChI=1S/C35H45ClN2O5S/c1-23-6-4-10-32(39)30-15-12-27(30)21-38-17-3-2-9-25-19-29(36)14-11-28(25)22-43-33-16-13-26(20-31(33)38)35(40)37-44(41,42)34(23)18-24-7-5-8-24/h4,10-11,13-14,16,19-20,23-24,27,30,32,34,39H,2-3,5-9,12,15,17-18,21-22H2,1H3,(H,37,40)/b10-4+/t23-,27-,30+,32-,34?/m0/s1. The number of hydrogen-bond acceptors (Lipinski definition) is 6. The van der Waals surface area contributed by atoms with Crippen molar-refractivity contribution >= 4 is 33.2 Å².